The lowest BCUT2D eigenvalue weighted by Crippen LogP contribution is -2.28. The summed E-state index contributed by atoms with van der Waals surface area (Å²) in [6.07, 6.45) is 0.749. The number of benzene rings is 4. The number of hydrogen-bond acceptors (Lipinski definition) is 7. The van der Waals surface area contributed by atoms with Crippen molar-refractivity contribution in [1.82, 2.24) is 0 Å². The first-order chi connectivity index (χ1) is 22.0. The van der Waals surface area contributed by atoms with E-state index >= 15 is 0 Å². The van der Waals surface area contributed by atoms with Gasteiger partial charge >= 0.3 is 0 Å². The Morgan fingerprint density at radius 3 is 1.64 bits per heavy atom. The van der Waals surface area contributed by atoms with E-state index in [-0.39, 0.29) is 19.1 Å². The zero-order chi connectivity index (χ0) is 32.0. The predicted octanol–water partition coefficient (Wildman–Crippen LogP) is 7.20. The fourth-order valence-corrected chi connectivity index (χ4v) is 6.50. The molecule has 0 radical (unpaired) electrons. The molecule has 0 aliphatic rings. The van der Waals surface area contributed by atoms with Gasteiger partial charge in [-0.05, 0) is 83.6 Å². The first-order valence-electron chi connectivity index (χ1n) is 15.4. The lowest BCUT2D eigenvalue weighted by atomic mass is 9.81. The van der Waals surface area contributed by atoms with Crippen LogP contribution < -0.4 is 9.80 Å². The van der Waals surface area contributed by atoms with Crippen LogP contribution in [0.1, 0.15) is 52.1 Å². The SMILES string of the molecule is Cc1ccc(N(CCO)CCC#N)cc1C(c1ccc(SCc2ccccc2)cc1)c1cc(N(CCO)CCC#N)ccc1C. The molecule has 0 atom stereocenters. The quantitative estimate of drug-likeness (QED) is 0.101. The molecule has 0 heterocycles. The molecule has 0 spiro atoms. The summed E-state index contributed by atoms with van der Waals surface area (Å²) in [4.78, 5) is 5.34. The van der Waals surface area contributed by atoms with Crippen LogP contribution in [0.3, 0.4) is 0 Å². The van der Waals surface area contributed by atoms with Crippen molar-refractivity contribution in [3.8, 4) is 12.1 Å². The number of hydrogen-bond donors (Lipinski definition) is 2. The fraction of sp³-hybridized carbons (Fsp3) is 0.316. The second kappa shape index (κ2) is 17.3. The summed E-state index contributed by atoms with van der Waals surface area (Å²) >= 11 is 1.82. The van der Waals surface area contributed by atoms with Crippen LogP contribution in [0.4, 0.5) is 11.4 Å². The molecule has 2 N–H and O–H groups in total. The molecular weight excluding hydrogens is 577 g/mol. The van der Waals surface area contributed by atoms with Crippen molar-refractivity contribution in [2.75, 3.05) is 49.2 Å². The van der Waals surface area contributed by atoms with Crippen molar-refractivity contribution in [2.24, 2.45) is 0 Å². The van der Waals surface area contributed by atoms with Crippen LogP contribution in [0.15, 0.2) is 95.9 Å². The lowest BCUT2D eigenvalue weighted by molar-refractivity contribution is 0.301. The van der Waals surface area contributed by atoms with E-state index in [0.717, 1.165) is 44.9 Å². The molecule has 0 saturated carbocycles. The van der Waals surface area contributed by atoms with E-state index in [9.17, 15) is 20.7 Å². The molecule has 0 saturated heterocycles. The summed E-state index contributed by atoms with van der Waals surface area (Å²) in [5.74, 6) is 0.815. The first-order valence-corrected chi connectivity index (χ1v) is 16.4. The topological polar surface area (TPSA) is 94.5 Å². The van der Waals surface area contributed by atoms with Gasteiger partial charge in [0.2, 0.25) is 0 Å². The molecule has 0 amide bonds. The van der Waals surface area contributed by atoms with Crippen LogP contribution in [0.2, 0.25) is 0 Å². The third kappa shape index (κ3) is 9.12. The van der Waals surface area contributed by atoms with Gasteiger partial charge in [0.25, 0.3) is 0 Å². The van der Waals surface area contributed by atoms with Gasteiger partial charge in [0, 0.05) is 54.1 Å². The highest BCUT2D eigenvalue weighted by atomic mass is 32.2. The molecule has 45 heavy (non-hydrogen) atoms. The Hall–Kier alpha value is -4.27. The Morgan fingerprint density at radius 2 is 1.18 bits per heavy atom. The Morgan fingerprint density at radius 1 is 0.667 bits per heavy atom. The lowest BCUT2D eigenvalue weighted by Gasteiger charge is -2.29. The highest BCUT2D eigenvalue weighted by molar-refractivity contribution is 7.98. The molecule has 6 nitrogen and oxygen atoms in total. The summed E-state index contributed by atoms with van der Waals surface area (Å²) in [5.41, 5.74) is 9.02. The molecule has 4 rings (SSSR count). The third-order valence-corrected chi connectivity index (χ3v) is 9.15. The van der Waals surface area contributed by atoms with Gasteiger partial charge in [-0.1, -0.05) is 54.6 Å². The molecule has 232 valence electrons. The minimum atomic E-state index is -0.0861. The second-order valence-corrected chi connectivity index (χ2v) is 12.1. The molecule has 7 heteroatoms. The van der Waals surface area contributed by atoms with E-state index in [4.69, 9.17) is 0 Å². The van der Waals surface area contributed by atoms with Crippen molar-refractivity contribution in [3.05, 3.63) is 124 Å². The van der Waals surface area contributed by atoms with E-state index in [1.165, 1.54) is 10.5 Å². The summed E-state index contributed by atoms with van der Waals surface area (Å²) in [6, 6.07) is 36.6. The highest BCUT2D eigenvalue weighted by Gasteiger charge is 2.23. The van der Waals surface area contributed by atoms with E-state index in [2.05, 4.69) is 121 Å². The van der Waals surface area contributed by atoms with Gasteiger partial charge < -0.3 is 20.0 Å². The van der Waals surface area contributed by atoms with Crippen molar-refractivity contribution < 1.29 is 10.2 Å². The zero-order valence-electron chi connectivity index (χ0n) is 26.2. The van der Waals surface area contributed by atoms with Gasteiger partial charge in [0.1, 0.15) is 0 Å². The van der Waals surface area contributed by atoms with Crippen LogP contribution in [0, 0.1) is 36.5 Å². The molecular formula is C38H42N4O2S. The monoisotopic (exact) mass is 618 g/mol. The van der Waals surface area contributed by atoms with Crippen LogP contribution in [0.5, 0.6) is 0 Å². The number of nitriles is 2. The van der Waals surface area contributed by atoms with E-state index in [0.29, 0.717) is 39.0 Å². The number of aryl methyl sites for hydroxylation is 2. The second-order valence-electron chi connectivity index (χ2n) is 11.1. The Bertz CT molecular complexity index is 1520. The third-order valence-electron chi connectivity index (χ3n) is 8.07. The largest absolute Gasteiger partial charge is 0.395 e. The van der Waals surface area contributed by atoms with E-state index in [1.54, 1.807) is 0 Å². The molecule has 0 bridgehead atoms. The number of anilines is 2. The molecule has 0 aliphatic carbocycles. The maximum atomic E-state index is 9.78. The van der Waals surface area contributed by atoms with Crippen molar-refractivity contribution in [2.45, 2.75) is 43.3 Å². The number of nitrogens with zero attached hydrogens (tertiary/aromatic N) is 4. The molecule has 0 aromatic heterocycles. The standard InChI is InChI=1S/C38H42N4O2S/c1-29-10-14-33(41(22-24-43)20-6-18-39)26-36(29)38(32-12-16-35(17-13-32)45-28-31-8-4-3-5-9-31)37-27-34(15-11-30(37)2)42(23-25-44)21-7-19-40/h3-5,8-17,26-27,38,43-44H,6-7,20-25,28H2,1-2H3. The Labute approximate surface area is 272 Å². The van der Waals surface area contributed by atoms with Crippen LogP contribution in [0.25, 0.3) is 0 Å². The average molecular weight is 619 g/mol. The Kier molecular flexibility index (Phi) is 12.9. The summed E-state index contributed by atoms with van der Waals surface area (Å²) in [6.45, 7) is 6.26. The maximum Gasteiger partial charge on any atom is 0.0640 e. The normalized spacial score (nSPS) is 10.8. The summed E-state index contributed by atoms with van der Waals surface area (Å²) in [7, 11) is 0. The fourth-order valence-electron chi connectivity index (χ4n) is 5.65. The van der Waals surface area contributed by atoms with Gasteiger partial charge in [0.15, 0.2) is 0 Å². The number of aliphatic hydroxyl groups is 2. The molecule has 0 aliphatic heterocycles. The van der Waals surface area contributed by atoms with Gasteiger partial charge in [-0.3, -0.25) is 0 Å². The first kappa shape index (κ1) is 33.6. The van der Waals surface area contributed by atoms with Crippen molar-refractivity contribution in [1.29, 1.82) is 10.5 Å². The summed E-state index contributed by atoms with van der Waals surface area (Å²) < 4.78 is 0. The average Bonchev–Trinajstić information content (AvgIpc) is 3.07. The highest BCUT2D eigenvalue weighted by Crippen LogP contribution is 2.39. The van der Waals surface area contributed by atoms with Crippen LogP contribution in [-0.2, 0) is 5.75 Å². The molecule has 0 fully saturated rings. The van der Waals surface area contributed by atoms with Gasteiger partial charge in [0.05, 0.1) is 38.2 Å². The number of aliphatic hydroxyl groups excluding tert-OH is 2. The Balaban J connectivity index is 1.80. The van der Waals surface area contributed by atoms with Crippen molar-refractivity contribution >= 4 is 23.1 Å². The summed E-state index contributed by atoms with van der Waals surface area (Å²) in [5, 5.41) is 38.1. The minimum Gasteiger partial charge on any atom is -0.395 e. The van der Waals surface area contributed by atoms with Gasteiger partial charge in [-0.15, -0.1) is 11.8 Å². The zero-order valence-corrected chi connectivity index (χ0v) is 27.0. The molecule has 0 unspecified atom stereocenters. The molecule has 4 aromatic carbocycles. The van der Waals surface area contributed by atoms with E-state index < -0.39 is 0 Å². The minimum absolute atomic E-state index is 0.00468. The number of rotatable bonds is 16. The van der Waals surface area contributed by atoms with Crippen molar-refractivity contribution in [3.63, 3.8) is 0 Å². The van der Waals surface area contributed by atoms with Gasteiger partial charge in [-0.2, -0.15) is 10.5 Å². The van der Waals surface area contributed by atoms with Gasteiger partial charge in [-0.25, -0.2) is 0 Å². The van der Waals surface area contributed by atoms with Crippen LogP contribution in [-0.4, -0.2) is 49.6 Å². The maximum absolute atomic E-state index is 9.78. The van der Waals surface area contributed by atoms with E-state index in [1.807, 2.05) is 17.8 Å². The number of thioether (sulfide) groups is 1. The molecule has 4 aromatic rings. The smallest absolute Gasteiger partial charge is 0.0640 e. The predicted molar refractivity (Wildman–Crippen MR) is 185 cm³/mol. The van der Waals surface area contributed by atoms with Crippen LogP contribution >= 0.6 is 11.8 Å².